The Morgan fingerprint density at radius 2 is 2.50 bits per heavy atom. The lowest BCUT2D eigenvalue weighted by Crippen LogP contribution is -2.27. The topological polar surface area (TPSA) is 56.1 Å². The molecule has 0 aliphatic heterocycles. The number of aromatic nitrogens is 2. The minimum absolute atomic E-state index is 0.243. The Hall–Kier alpha value is -1.36. The van der Waals surface area contributed by atoms with Crippen LogP contribution >= 0.6 is 0 Å². The number of carbonyl (C=O) groups is 1. The van der Waals surface area contributed by atoms with Crippen LogP contribution in [0.1, 0.15) is 5.82 Å². The van der Waals surface area contributed by atoms with E-state index in [2.05, 4.69) is 15.0 Å². The fraction of sp³-hybridized carbons (Fsp3) is 0.556. The highest BCUT2D eigenvalue weighted by Crippen LogP contribution is 1.92. The van der Waals surface area contributed by atoms with Gasteiger partial charge in [-0.05, 0) is 6.92 Å². The highest BCUT2D eigenvalue weighted by Gasteiger charge is 1.99. The average molecular weight is 197 g/mol. The van der Waals surface area contributed by atoms with Gasteiger partial charge in [-0.3, -0.25) is 4.79 Å². The monoisotopic (exact) mass is 197 g/mol. The molecule has 0 fully saturated rings. The van der Waals surface area contributed by atoms with Crippen molar-refractivity contribution in [1.29, 1.82) is 0 Å². The normalized spacial score (nSPS) is 10.1. The van der Waals surface area contributed by atoms with Crippen molar-refractivity contribution in [3.63, 3.8) is 0 Å². The maximum atomic E-state index is 10.7. The average Bonchev–Trinajstić information content (AvgIpc) is 2.58. The molecule has 0 spiro atoms. The summed E-state index contributed by atoms with van der Waals surface area (Å²) >= 11 is 0. The van der Waals surface area contributed by atoms with Gasteiger partial charge in [0.05, 0.1) is 13.7 Å². The molecule has 0 aromatic carbocycles. The minimum Gasteiger partial charge on any atom is -0.468 e. The second-order valence-corrected chi connectivity index (χ2v) is 2.92. The van der Waals surface area contributed by atoms with E-state index in [1.165, 1.54) is 7.11 Å². The predicted octanol–water partition coefficient (Wildman–Crippen LogP) is -0.0459. The van der Waals surface area contributed by atoms with Gasteiger partial charge in [-0.25, -0.2) is 4.98 Å². The Balaban J connectivity index is 2.16. The van der Waals surface area contributed by atoms with Crippen molar-refractivity contribution in [3.8, 4) is 0 Å². The molecule has 0 radical (unpaired) electrons. The van der Waals surface area contributed by atoms with E-state index in [-0.39, 0.29) is 12.5 Å². The molecule has 14 heavy (non-hydrogen) atoms. The van der Waals surface area contributed by atoms with E-state index < -0.39 is 0 Å². The number of methoxy groups -OCH3 is 1. The molecule has 78 valence electrons. The molecule has 1 rings (SSSR count). The van der Waals surface area contributed by atoms with Gasteiger partial charge < -0.3 is 14.6 Å². The summed E-state index contributed by atoms with van der Waals surface area (Å²) in [7, 11) is 1.38. The van der Waals surface area contributed by atoms with E-state index in [0.717, 1.165) is 18.9 Å². The van der Waals surface area contributed by atoms with Crippen molar-refractivity contribution in [2.75, 3.05) is 20.2 Å². The Morgan fingerprint density at radius 1 is 1.71 bits per heavy atom. The van der Waals surface area contributed by atoms with E-state index >= 15 is 0 Å². The summed E-state index contributed by atoms with van der Waals surface area (Å²) in [5.74, 6) is 0.734. The number of ether oxygens (including phenoxy) is 1. The maximum absolute atomic E-state index is 10.7. The van der Waals surface area contributed by atoms with Crippen LogP contribution in [0.5, 0.6) is 0 Å². The van der Waals surface area contributed by atoms with Crippen LogP contribution in [0, 0.1) is 6.92 Å². The van der Waals surface area contributed by atoms with E-state index in [4.69, 9.17) is 0 Å². The number of rotatable bonds is 5. The molecule has 0 bridgehead atoms. The summed E-state index contributed by atoms with van der Waals surface area (Å²) in [6, 6.07) is 0. The Morgan fingerprint density at radius 3 is 3.07 bits per heavy atom. The number of nitrogens with one attached hydrogen (secondary N) is 1. The van der Waals surface area contributed by atoms with Crippen molar-refractivity contribution in [2.24, 2.45) is 0 Å². The second kappa shape index (κ2) is 5.39. The lowest BCUT2D eigenvalue weighted by molar-refractivity contribution is -0.139. The van der Waals surface area contributed by atoms with Crippen LogP contribution in [0.25, 0.3) is 0 Å². The van der Waals surface area contributed by atoms with Crippen LogP contribution in [-0.4, -0.2) is 35.7 Å². The van der Waals surface area contributed by atoms with Crippen LogP contribution in [0.4, 0.5) is 0 Å². The third-order valence-electron chi connectivity index (χ3n) is 1.95. The molecule has 1 aromatic rings. The molecule has 0 unspecified atom stereocenters. The molecule has 5 heteroatoms. The fourth-order valence-electron chi connectivity index (χ4n) is 1.10. The lowest BCUT2D eigenvalue weighted by Gasteiger charge is -2.05. The van der Waals surface area contributed by atoms with Crippen LogP contribution in [0.15, 0.2) is 12.4 Å². The third kappa shape index (κ3) is 3.18. The van der Waals surface area contributed by atoms with Crippen molar-refractivity contribution >= 4 is 5.97 Å². The molecular formula is C9H15N3O2. The Kier molecular flexibility index (Phi) is 4.12. The SMILES string of the molecule is COC(=O)CNCCn1ccnc1C. The third-order valence-corrected chi connectivity index (χ3v) is 1.95. The number of esters is 1. The van der Waals surface area contributed by atoms with Crippen LogP contribution < -0.4 is 5.32 Å². The number of carbonyl (C=O) groups excluding carboxylic acids is 1. The minimum atomic E-state index is -0.243. The van der Waals surface area contributed by atoms with Crippen molar-refractivity contribution in [1.82, 2.24) is 14.9 Å². The van der Waals surface area contributed by atoms with Crippen LogP contribution in [0.3, 0.4) is 0 Å². The number of hydrogen-bond donors (Lipinski definition) is 1. The van der Waals surface area contributed by atoms with Gasteiger partial charge in [0, 0.05) is 25.5 Å². The van der Waals surface area contributed by atoms with Gasteiger partial charge >= 0.3 is 5.97 Å². The zero-order valence-electron chi connectivity index (χ0n) is 8.49. The molecule has 1 N–H and O–H groups in total. The van der Waals surface area contributed by atoms with E-state index in [9.17, 15) is 4.79 Å². The van der Waals surface area contributed by atoms with Gasteiger partial charge in [-0.1, -0.05) is 0 Å². The maximum Gasteiger partial charge on any atom is 0.319 e. The molecule has 1 heterocycles. The van der Waals surface area contributed by atoms with Gasteiger partial charge in [0.15, 0.2) is 0 Å². The first-order chi connectivity index (χ1) is 6.74. The molecular weight excluding hydrogens is 182 g/mol. The Labute approximate surface area is 83.1 Å². The van der Waals surface area contributed by atoms with Gasteiger partial charge in [0.1, 0.15) is 5.82 Å². The summed E-state index contributed by atoms with van der Waals surface area (Å²) in [5.41, 5.74) is 0. The van der Waals surface area contributed by atoms with Crippen LogP contribution in [0.2, 0.25) is 0 Å². The highest BCUT2D eigenvalue weighted by atomic mass is 16.5. The first-order valence-corrected chi connectivity index (χ1v) is 4.49. The molecule has 5 nitrogen and oxygen atoms in total. The quantitative estimate of drug-likeness (QED) is 0.531. The second-order valence-electron chi connectivity index (χ2n) is 2.92. The highest BCUT2D eigenvalue weighted by molar-refractivity contribution is 5.71. The summed E-state index contributed by atoms with van der Waals surface area (Å²) < 4.78 is 6.51. The van der Waals surface area contributed by atoms with Gasteiger partial charge in [0.2, 0.25) is 0 Å². The molecule has 0 amide bonds. The van der Waals surface area contributed by atoms with Crippen molar-refractivity contribution in [3.05, 3.63) is 18.2 Å². The molecule has 0 aliphatic carbocycles. The summed E-state index contributed by atoms with van der Waals surface area (Å²) in [6.45, 7) is 3.74. The first kappa shape index (κ1) is 10.7. The lowest BCUT2D eigenvalue weighted by atomic mass is 10.5. The first-order valence-electron chi connectivity index (χ1n) is 4.49. The van der Waals surface area contributed by atoms with Gasteiger partial charge in [-0.15, -0.1) is 0 Å². The Bertz CT molecular complexity index is 296. The zero-order valence-corrected chi connectivity index (χ0v) is 8.49. The number of nitrogens with zero attached hydrogens (tertiary/aromatic N) is 2. The van der Waals surface area contributed by atoms with E-state index in [1.807, 2.05) is 17.7 Å². The van der Waals surface area contributed by atoms with Crippen LogP contribution in [-0.2, 0) is 16.1 Å². The van der Waals surface area contributed by atoms with E-state index in [1.54, 1.807) is 6.20 Å². The number of imidazole rings is 1. The zero-order chi connectivity index (χ0) is 10.4. The standard InChI is InChI=1S/C9H15N3O2/c1-8-11-4-6-12(8)5-3-10-7-9(13)14-2/h4,6,10H,3,5,7H2,1-2H3. The van der Waals surface area contributed by atoms with E-state index in [0.29, 0.717) is 0 Å². The van der Waals surface area contributed by atoms with Gasteiger partial charge in [0.25, 0.3) is 0 Å². The fourth-order valence-corrected chi connectivity index (χ4v) is 1.10. The summed E-state index contributed by atoms with van der Waals surface area (Å²) in [5, 5.41) is 2.98. The largest absolute Gasteiger partial charge is 0.468 e. The number of aryl methyl sites for hydroxylation is 1. The summed E-state index contributed by atoms with van der Waals surface area (Å²) in [4.78, 5) is 14.8. The molecule has 0 saturated carbocycles. The molecule has 0 saturated heterocycles. The summed E-state index contributed by atoms with van der Waals surface area (Å²) in [6.07, 6.45) is 3.67. The number of hydrogen-bond acceptors (Lipinski definition) is 4. The van der Waals surface area contributed by atoms with Gasteiger partial charge in [-0.2, -0.15) is 0 Å². The van der Waals surface area contributed by atoms with Crippen molar-refractivity contribution in [2.45, 2.75) is 13.5 Å². The molecule has 0 aliphatic rings. The van der Waals surface area contributed by atoms with Crippen molar-refractivity contribution < 1.29 is 9.53 Å². The molecule has 0 atom stereocenters. The smallest absolute Gasteiger partial charge is 0.319 e. The predicted molar refractivity (Wildman–Crippen MR) is 51.8 cm³/mol. The molecule has 1 aromatic heterocycles.